The molecule has 0 bridgehead atoms. The van der Waals surface area contributed by atoms with Gasteiger partial charge >= 0.3 is 0 Å². The van der Waals surface area contributed by atoms with Crippen LogP contribution in [0.2, 0.25) is 0 Å². The lowest BCUT2D eigenvalue weighted by Gasteiger charge is -2.11. The summed E-state index contributed by atoms with van der Waals surface area (Å²) in [4.78, 5) is 16.0. The van der Waals surface area contributed by atoms with E-state index in [1.807, 2.05) is 6.92 Å². The highest BCUT2D eigenvalue weighted by molar-refractivity contribution is 9.10. The fourth-order valence-corrected chi connectivity index (χ4v) is 4.14. The maximum Gasteiger partial charge on any atom is 0.264 e. The van der Waals surface area contributed by atoms with E-state index in [0.29, 0.717) is 21.9 Å². The smallest absolute Gasteiger partial charge is 0.264 e. The molecule has 0 radical (unpaired) electrons. The second-order valence-electron chi connectivity index (χ2n) is 5.81. The van der Waals surface area contributed by atoms with Gasteiger partial charge in [-0.05, 0) is 41.9 Å². The van der Waals surface area contributed by atoms with Crippen LogP contribution in [0.5, 0.6) is 11.8 Å². The second kappa shape index (κ2) is 10.2. The Kier molecular flexibility index (Phi) is 7.89. The van der Waals surface area contributed by atoms with Crippen molar-refractivity contribution in [3.8, 4) is 11.8 Å². The molecule has 3 rings (SSSR count). The maximum absolute atomic E-state index is 12.3. The third kappa shape index (κ3) is 6.00. The lowest BCUT2D eigenvalue weighted by molar-refractivity contribution is 0.397. The minimum absolute atomic E-state index is 0.0499. The highest BCUT2D eigenvalue weighted by Crippen LogP contribution is 2.26. The number of nitrogen functional groups attached to an aromatic ring is 1. The summed E-state index contributed by atoms with van der Waals surface area (Å²) in [6.07, 6.45) is 3.05. The van der Waals surface area contributed by atoms with Crippen molar-refractivity contribution in [2.24, 2.45) is 0 Å². The average Bonchev–Trinajstić information content (AvgIpc) is 2.71. The number of ether oxygens (including phenoxy) is 2. The van der Waals surface area contributed by atoms with Crippen LogP contribution in [-0.2, 0) is 10.0 Å². The van der Waals surface area contributed by atoms with E-state index in [9.17, 15) is 8.42 Å². The lowest BCUT2D eigenvalue weighted by Crippen LogP contribution is -2.15. The van der Waals surface area contributed by atoms with Gasteiger partial charge in [-0.1, -0.05) is 12.1 Å². The normalized spacial score (nSPS) is 10.6. The molecule has 0 aliphatic rings. The fraction of sp³-hybridized carbons (Fsp3) is 0.222. The first-order chi connectivity index (χ1) is 14.2. The lowest BCUT2D eigenvalue weighted by atomic mass is 10.4. The molecule has 3 aromatic rings. The number of aromatic nitrogens is 4. The number of anilines is 2. The van der Waals surface area contributed by atoms with E-state index >= 15 is 0 Å². The van der Waals surface area contributed by atoms with Crippen LogP contribution < -0.4 is 19.9 Å². The molecule has 0 saturated heterocycles. The molecule has 0 aliphatic heterocycles. The van der Waals surface area contributed by atoms with Crippen LogP contribution in [0.15, 0.2) is 46.0 Å². The number of hydrogen-bond donors (Lipinski definition) is 2. The van der Waals surface area contributed by atoms with Gasteiger partial charge in [0.25, 0.3) is 21.8 Å². The number of benzene rings is 1. The van der Waals surface area contributed by atoms with Crippen molar-refractivity contribution in [1.82, 2.24) is 19.9 Å². The zero-order valence-electron chi connectivity index (χ0n) is 16.7. The standard InChI is InChI=1S/C12H12BrN3O3S.C6H9N3O/c1-8-7-14-11(12(15-8)19-2)16-20(17,18)10-6-4-3-5-9(10)13;1-4-3-8-5(7)6(9-4)10-2/h3-7H,1-2H3,(H,14,16);3H,1-2H3,(H2,7,8). The minimum atomic E-state index is -3.77. The summed E-state index contributed by atoms with van der Waals surface area (Å²) in [6.45, 7) is 3.57. The third-order valence-corrected chi connectivity index (χ3v) is 5.84. The molecule has 0 aliphatic carbocycles. The number of nitrogens with zero attached hydrogens (tertiary/aromatic N) is 4. The topological polar surface area (TPSA) is 142 Å². The first-order valence-corrected chi connectivity index (χ1v) is 10.7. The van der Waals surface area contributed by atoms with Gasteiger partial charge in [0.1, 0.15) is 4.90 Å². The van der Waals surface area contributed by atoms with Gasteiger partial charge in [0, 0.05) is 4.47 Å². The van der Waals surface area contributed by atoms with Crippen LogP contribution in [-0.4, -0.2) is 42.6 Å². The van der Waals surface area contributed by atoms with Crippen molar-refractivity contribution in [3.05, 3.63) is 52.5 Å². The van der Waals surface area contributed by atoms with E-state index in [4.69, 9.17) is 15.2 Å². The van der Waals surface area contributed by atoms with Crippen LogP contribution in [0.1, 0.15) is 11.4 Å². The first-order valence-electron chi connectivity index (χ1n) is 8.46. The monoisotopic (exact) mass is 496 g/mol. The quantitative estimate of drug-likeness (QED) is 0.544. The summed E-state index contributed by atoms with van der Waals surface area (Å²) in [5.41, 5.74) is 6.83. The summed E-state index contributed by atoms with van der Waals surface area (Å²) < 4.78 is 37.3. The number of nitrogens with one attached hydrogen (secondary N) is 1. The van der Waals surface area contributed by atoms with E-state index in [1.165, 1.54) is 26.5 Å². The molecule has 0 saturated carbocycles. The van der Waals surface area contributed by atoms with E-state index < -0.39 is 10.0 Å². The zero-order valence-corrected chi connectivity index (χ0v) is 19.2. The Morgan fingerprint density at radius 3 is 2.10 bits per heavy atom. The molecule has 10 nitrogen and oxygen atoms in total. The molecule has 12 heteroatoms. The molecule has 30 heavy (non-hydrogen) atoms. The highest BCUT2D eigenvalue weighted by atomic mass is 79.9. The Labute approximate surface area is 183 Å². The van der Waals surface area contributed by atoms with Crippen molar-refractivity contribution in [3.63, 3.8) is 0 Å². The number of rotatable bonds is 5. The van der Waals surface area contributed by atoms with Gasteiger partial charge in [-0.15, -0.1) is 0 Å². The number of hydrogen-bond acceptors (Lipinski definition) is 9. The molecule has 3 N–H and O–H groups in total. The van der Waals surface area contributed by atoms with Crippen molar-refractivity contribution >= 4 is 37.6 Å². The van der Waals surface area contributed by atoms with E-state index in [-0.39, 0.29) is 16.6 Å². The Morgan fingerprint density at radius 1 is 0.967 bits per heavy atom. The van der Waals surface area contributed by atoms with Crippen LogP contribution in [0.4, 0.5) is 11.6 Å². The van der Waals surface area contributed by atoms with Gasteiger partial charge in [-0.3, -0.25) is 4.72 Å². The van der Waals surface area contributed by atoms with Gasteiger partial charge in [-0.2, -0.15) is 0 Å². The van der Waals surface area contributed by atoms with Crippen molar-refractivity contribution < 1.29 is 17.9 Å². The molecule has 2 heterocycles. The summed E-state index contributed by atoms with van der Waals surface area (Å²) in [6, 6.07) is 6.50. The molecule has 0 fully saturated rings. The van der Waals surface area contributed by atoms with Crippen molar-refractivity contribution in [1.29, 1.82) is 0 Å². The summed E-state index contributed by atoms with van der Waals surface area (Å²) in [7, 11) is -0.853. The predicted molar refractivity (Wildman–Crippen MR) is 116 cm³/mol. The summed E-state index contributed by atoms with van der Waals surface area (Å²) in [5, 5.41) is 0. The number of halogens is 1. The van der Waals surface area contributed by atoms with Gasteiger partial charge in [0.15, 0.2) is 5.82 Å². The molecule has 0 unspecified atom stereocenters. The Balaban J connectivity index is 0.000000269. The second-order valence-corrected chi connectivity index (χ2v) is 8.32. The van der Waals surface area contributed by atoms with E-state index in [0.717, 1.165) is 5.69 Å². The van der Waals surface area contributed by atoms with Crippen LogP contribution >= 0.6 is 15.9 Å². The Hall–Kier alpha value is -2.99. The predicted octanol–water partition coefficient (Wildman–Crippen LogP) is 2.73. The van der Waals surface area contributed by atoms with E-state index in [2.05, 4.69) is 40.6 Å². The minimum Gasteiger partial charge on any atom is -0.478 e. The average molecular weight is 497 g/mol. The summed E-state index contributed by atoms with van der Waals surface area (Å²) in [5.74, 6) is 0.891. The molecule has 2 aromatic heterocycles. The Morgan fingerprint density at radius 2 is 1.53 bits per heavy atom. The van der Waals surface area contributed by atoms with Crippen LogP contribution in [0, 0.1) is 13.8 Å². The van der Waals surface area contributed by atoms with Gasteiger partial charge < -0.3 is 15.2 Å². The molecule has 0 spiro atoms. The molecular formula is C18H21BrN6O4S. The third-order valence-electron chi connectivity index (χ3n) is 3.49. The van der Waals surface area contributed by atoms with Gasteiger partial charge in [0.05, 0.1) is 38.0 Å². The molecular weight excluding hydrogens is 476 g/mol. The van der Waals surface area contributed by atoms with Crippen LogP contribution in [0.3, 0.4) is 0 Å². The number of nitrogens with two attached hydrogens (primary N) is 1. The maximum atomic E-state index is 12.3. The molecule has 1 aromatic carbocycles. The molecule has 0 amide bonds. The summed E-state index contributed by atoms with van der Waals surface area (Å²) >= 11 is 3.21. The number of methoxy groups -OCH3 is 2. The number of aryl methyl sites for hydroxylation is 2. The van der Waals surface area contributed by atoms with Crippen molar-refractivity contribution in [2.45, 2.75) is 18.7 Å². The Bertz CT molecular complexity index is 1130. The largest absolute Gasteiger partial charge is 0.478 e. The zero-order chi connectivity index (χ0) is 22.3. The van der Waals surface area contributed by atoms with Crippen molar-refractivity contribution in [2.75, 3.05) is 24.7 Å². The molecule has 160 valence electrons. The van der Waals surface area contributed by atoms with Gasteiger partial charge in [0.2, 0.25) is 5.82 Å². The number of sulfonamides is 1. The first kappa shape index (κ1) is 23.3. The molecule has 0 atom stereocenters. The van der Waals surface area contributed by atoms with E-state index in [1.54, 1.807) is 31.3 Å². The SMILES string of the molecule is COc1nc(C)cnc1N.COc1nc(C)cnc1NS(=O)(=O)c1ccccc1Br. The fourth-order valence-electron chi connectivity index (χ4n) is 2.13. The van der Waals surface area contributed by atoms with Gasteiger partial charge in [-0.25, -0.2) is 28.4 Å². The highest BCUT2D eigenvalue weighted by Gasteiger charge is 2.20. The van der Waals surface area contributed by atoms with Crippen LogP contribution in [0.25, 0.3) is 0 Å².